The van der Waals surface area contributed by atoms with Crippen LogP contribution >= 0.6 is 11.8 Å². The average molecular weight is 220 g/mol. The Balaban J connectivity index is 2.08. The highest BCUT2D eigenvalue weighted by Gasteiger charge is 2.39. The zero-order chi connectivity index (χ0) is 10.4. The number of hydrogen-bond acceptors (Lipinski definition) is 2. The molecule has 4 heteroatoms. The van der Waals surface area contributed by atoms with Crippen molar-refractivity contribution < 1.29 is 4.79 Å². The van der Waals surface area contributed by atoms with Crippen LogP contribution in [0.4, 0.5) is 10.5 Å². The minimum Gasteiger partial charge on any atom is -0.325 e. The number of amides is 2. The number of fused-ring (bicyclic) bond motifs is 3. The van der Waals surface area contributed by atoms with Crippen LogP contribution in [0.1, 0.15) is 0 Å². The number of nitrogens with zero attached hydrogens (tertiary/aromatic N) is 2. The Morgan fingerprint density at radius 3 is 3.07 bits per heavy atom. The number of thioether (sulfide) groups is 1. The third-order valence-corrected chi connectivity index (χ3v) is 4.15. The second-order valence-corrected chi connectivity index (χ2v) is 5.03. The van der Waals surface area contributed by atoms with Gasteiger partial charge in [0.25, 0.3) is 0 Å². The van der Waals surface area contributed by atoms with Crippen LogP contribution in [-0.4, -0.2) is 36.3 Å². The molecule has 1 unspecified atom stereocenters. The summed E-state index contributed by atoms with van der Waals surface area (Å²) in [5.74, 6) is 1.01. The van der Waals surface area contributed by atoms with E-state index in [2.05, 4.69) is 6.07 Å². The van der Waals surface area contributed by atoms with Crippen molar-refractivity contribution in [2.45, 2.75) is 10.9 Å². The molecule has 0 saturated carbocycles. The summed E-state index contributed by atoms with van der Waals surface area (Å²) in [6.07, 6.45) is 0. The van der Waals surface area contributed by atoms with Gasteiger partial charge in [-0.05, 0) is 12.1 Å². The quantitative estimate of drug-likeness (QED) is 0.668. The van der Waals surface area contributed by atoms with Gasteiger partial charge in [-0.3, -0.25) is 4.90 Å². The summed E-state index contributed by atoms with van der Waals surface area (Å²) in [7, 11) is 1.87. The van der Waals surface area contributed by atoms with Crippen LogP contribution < -0.4 is 4.90 Å². The van der Waals surface area contributed by atoms with Gasteiger partial charge in [-0.2, -0.15) is 0 Å². The molecule has 1 aromatic rings. The van der Waals surface area contributed by atoms with Gasteiger partial charge in [0.05, 0.1) is 11.7 Å². The van der Waals surface area contributed by atoms with Crippen LogP contribution in [0.25, 0.3) is 0 Å². The highest BCUT2D eigenvalue weighted by Crippen LogP contribution is 2.39. The molecular weight excluding hydrogens is 208 g/mol. The summed E-state index contributed by atoms with van der Waals surface area (Å²) in [4.78, 5) is 16.9. The third-order valence-electron chi connectivity index (χ3n) is 2.94. The fourth-order valence-corrected chi connectivity index (χ4v) is 3.32. The number of carbonyl (C=O) groups excluding carboxylic acids is 1. The van der Waals surface area contributed by atoms with E-state index in [1.807, 2.05) is 41.9 Å². The molecule has 0 radical (unpaired) electrons. The lowest BCUT2D eigenvalue weighted by Crippen LogP contribution is -2.38. The first-order valence-electron chi connectivity index (χ1n) is 5.03. The molecule has 1 fully saturated rings. The molecule has 2 aliphatic rings. The first-order valence-corrected chi connectivity index (χ1v) is 6.02. The predicted molar refractivity (Wildman–Crippen MR) is 61.5 cm³/mol. The third kappa shape index (κ3) is 1.24. The van der Waals surface area contributed by atoms with E-state index in [-0.39, 0.29) is 6.03 Å². The molecule has 78 valence electrons. The van der Waals surface area contributed by atoms with E-state index < -0.39 is 0 Å². The van der Waals surface area contributed by atoms with E-state index in [9.17, 15) is 4.79 Å². The molecule has 0 aliphatic carbocycles. The molecule has 2 aliphatic heterocycles. The molecule has 2 amide bonds. The number of benzene rings is 1. The molecule has 1 saturated heterocycles. The Bertz CT molecular complexity index is 421. The van der Waals surface area contributed by atoms with Gasteiger partial charge in [-0.25, -0.2) is 4.79 Å². The van der Waals surface area contributed by atoms with Crippen LogP contribution in [0.3, 0.4) is 0 Å². The standard InChI is InChI=1S/C11H12N2OS/c1-12-6-8-7-15-10-5-3-2-4-9(10)13(8)11(12)14/h2-5,8H,6-7H2,1H3. The van der Waals surface area contributed by atoms with E-state index in [1.54, 1.807) is 4.90 Å². The largest absolute Gasteiger partial charge is 0.325 e. The molecule has 0 N–H and O–H groups in total. The Hall–Kier alpha value is -1.16. The van der Waals surface area contributed by atoms with Gasteiger partial charge in [-0.1, -0.05) is 12.1 Å². The minimum absolute atomic E-state index is 0.132. The van der Waals surface area contributed by atoms with Crippen molar-refractivity contribution in [3.8, 4) is 0 Å². The smallest absolute Gasteiger partial charge is 0.324 e. The summed E-state index contributed by atoms with van der Waals surface area (Å²) in [6, 6.07) is 8.62. The van der Waals surface area contributed by atoms with Crippen LogP contribution in [0.5, 0.6) is 0 Å². The number of urea groups is 1. The van der Waals surface area contributed by atoms with E-state index in [4.69, 9.17) is 0 Å². The molecule has 1 aromatic carbocycles. The molecule has 0 bridgehead atoms. The summed E-state index contributed by atoms with van der Waals surface area (Å²) < 4.78 is 0. The lowest BCUT2D eigenvalue weighted by molar-refractivity contribution is 0.229. The molecule has 3 rings (SSSR count). The number of para-hydroxylation sites is 1. The Morgan fingerprint density at radius 1 is 1.40 bits per heavy atom. The predicted octanol–water partition coefficient (Wildman–Crippen LogP) is 2.03. The topological polar surface area (TPSA) is 23.6 Å². The van der Waals surface area contributed by atoms with Gasteiger partial charge in [0.15, 0.2) is 0 Å². The van der Waals surface area contributed by atoms with E-state index in [0.717, 1.165) is 18.0 Å². The molecule has 2 heterocycles. The molecule has 3 nitrogen and oxygen atoms in total. The van der Waals surface area contributed by atoms with Gasteiger partial charge >= 0.3 is 6.03 Å². The van der Waals surface area contributed by atoms with Crippen molar-refractivity contribution >= 4 is 23.5 Å². The zero-order valence-electron chi connectivity index (χ0n) is 8.51. The van der Waals surface area contributed by atoms with E-state index in [1.165, 1.54) is 4.90 Å². The average Bonchev–Trinajstić information content (AvgIpc) is 2.55. The van der Waals surface area contributed by atoms with Crippen LogP contribution in [0, 0.1) is 0 Å². The van der Waals surface area contributed by atoms with Gasteiger partial charge in [0.1, 0.15) is 0 Å². The zero-order valence-corrected chi connectivity index (χ0v) is 9.33. The fourth-order valence-electron chi connectivity index (χ4n) is 2.21. The Labute approximate surface area is 93.0 Å². The van der Waals surface area contributed by atoms with E-state index in [0.29, 0.717) is 6.04 Å². The van der Waals surface area contributed by atoms with Crippen molar-refractivity contribution in [1.29, 1.82) is 0 Å². The minimum atomic E-state index is 0.132. The van der Waals surface area contributed by atoms with E-state index >= 15 is 0 Å². The molecule has 15 heavy (non-hydrogen) atoms. The van der Waals surface area contributed by atoms with Crippen molar-refractivity contribution in [3.63, 3.8) is 0 Å². The second-order valence-electron chi connectivity index (χ2n) is 3.97. The number of rotatable bonds is 0. The van der Waals surface area contributed by atoms with Gasteiger partial charge in [0.2, 0.25) is 0 Å². The van der Waals surface area contributed by atoms with Crippen molar-refractivity contribution in [2.75, 3.05) is 24.2 Å². The summed E-state index contributed by atoms with van der Waals surface area (Å²) in [5.41, 5.74) is 1.08. The number of likely N-dealkylation sites (N-methyl/N-ethyl adjacent to an activating group) is 1. The summed E-state index contributed by atoms with van der Waals surface area (Å²) in [6.45, 7) is 0.847. The normalized spacial score (nSPS) is 24.1. The van der Waals surface area contributed by atoms with Crippen molar-refractivity contribution in [1.82, 2.24) is 4.90 Å². The molecule has 0 spiro atoms. The van der Waals surface area contributed by atoms with Gasteiger partial charge in [-0.15, -0.1) is 11.8 Å². The van der Waals surface area contributed by atoms with Crippen LogP contribution in [0.2, 0.25) is 0 Å². The maximum absolute atomic E-state index is 11.9. The fraction of sp³-hybridized carbons (Fsp3) is 0.364. The lowest BCUT2D eigenvalue weighted by Gasteiger charge is -2.29. The maximum atomic E-state index is 11.9. The SMILES string of the molecule is CN1CC2CSc3ccccc3N2C1=O. The van der Waals surface area contributed by atoms with Gasteiger partial charge in [0, 0.05) is 24.2 Å². The Kier molecular flexibility index (Phi) is 1.92. The summed E-state index contributed by atoms with van der Waals surface area (Å²) in [5, 5.41) is 0. The van der Waals surface area contributed by atoms with Crippen LogP contribution in [-0.2, 0) is 0 Å². The first-order chi connectivity index (χ1) is 7.27. The monoisotopic (exact) mass is 220 g/mol. The second kappa shape index (κ2) is 3.17. The van der Waals surface area contributed by atoms with Crippen molar-refractivity contribution in [3.05, 3.63) is 24.3 Å². The van der Waals surface area contributed by atoms with Crippen LogP contribution in [0.15, 0.2) is 29.2 Å². The van der Waals surface area contributed by atoms with Gasteiger partial charge < -0.3 is 4.90 Å². The number of anilines is 1. The molecule has 1 atom stereocenters. The lowest BCUT2D eigenvalue weighted by atomic mass is 10.2. The highest BCUT2D eigenvalue weighted by atomic mass is 32.2. The maximum Gasteiger partial charge on any atom is 0.324 e. The first kappa shape index (κ1) is 9.09. The highest BCUT2D eigenvalue weighted by molar-refractivity contribution is 7.99. The molecular formula is C11H12N2OS. The summed E-state index contributed by atoms with van der Waals surface area (Å²) >= 11 is 1.85. The Morgan fingerprint density at radius 2 is 2.20 bits per heavy atom. The number of carbonyl (C=O) groups is 1. The molecule has 0 aromatic heterocycles. The van der Waals surface area contributed by atoms with Crippen molar-refractivity contribution in [2.24, 2.45) is 0 Å². The number of hydrogen-bond donors (Lipinski definition) is 0.